The Bertz CT molecular complexity index is 993. The van der Waals surface area contributed by atoms with Crippen molar-refractivity contribution in [3.8, 4) is 0 Å². The number of carbonyl (C=O) groups is 3. The molecule has 380 valence electrons. The minimum atomic E-state index is -0.764. The van der Waals surface area contributed by atoms with E-state index in [2.05, 4.69) is 41.5 Å². The highest BCUT2D eigenvalue weighted by Gasteiger charge is 2.19. The summed E-state index contributed by atoms with van der Waals surface area (Å²) in [5, 5.41) is 0. The molecule has 0 aromatic carbocycles. The minimum Gasteiger partial charge on any atom is -0.462 e. The summed E-state index contributed by atoms with van der Waals surface area (Å²) in [6, 6.07) is 0. The van der Waals surface area contributed by atoms with Crippen LogP contribution in [0.15, 0.2) is 0 Å². The lowest BCUT2D eigenvalue weighted by Gasteiger charge is -2.18. The summed E-state index contributed by atoms with van der Waals surface area (Å²) in [4.78, 5) is 38.1. The summed E-state index contributed by atoms with van der Waals surface area (Å²) in [5.41, 5.74) is 0. The largest absolute Gasteiger partial charge is 0.462 e. The van der Waals surface area contributed by atoms with E-state index in [0.717, 1.165) is 75.5 Å². The highest BCUT2D eigenvalue weighted by Crippen LogP contribution is 2.19. The molecule has 0 aliphatic heterocycles. The smallest absolute Gasteiger partial charge is 0.306 e. The molecule has 0 amide bonds. The van der Waals surface area contributed by atoms with E-state index in [0.29, 0.717) is 19.3 Å². The molecule has 1 unspecified atom stereocenters. The Morgan fingerprint density at radius 2 is 0.547 bits per heavy atom. The van der Waals surface area contributed by atoms with Crippen molar-refractivity contribution in [2.45, 2.75) is 324 Å². The molecule has 0 bridgehead atoms. The molecular formula is C58H112O6. The van der Waals surface area contributed by atoms with Crippen LogP contribution in [0.1, 0.15) is 318 Å². The van der Waals surface area contributed by atoms with Gasteiger partial charge in [0.15, 0.2) is 6.10 Å². The first-order valence-electron chi connectivity index (χ1n) is 28.6. The number of unbranched alkanes of at least 4 members (excludes halogenated alkanes) is 33. The highest BCUT2D eigenvalue weighted by atomic mass is 16.6. The fraction of sp³-hybridized carbons (Fsp3) is 0.948. The number of hydrogen-bond acceptors (Lipinski definition) is 6. The normalized spacial score (nSPS) is 12.6. The van der Waals surface area contributed by atoms with Gasteiger partial charge in [-0.1, -0.05) is 279 Å². The van der Waals surface area contributed by atoms with Crippen LogP contribution in [-0.4, -0.2) is 37.2 Å². The number of ether oxygens (including phenoxy) is 3. The number of carbonyl (C=O) groups excluding carboxylic acids is 3. The van der Waals surface area contributed by atoms with E-state index >= 15 is 0 Å². The first kappa shape index (κ1) is 62.4. The Hall–Kier alpha value is -1.59. The Balaban J connectivity index is 4.25. The molecular weight excluding hydrogens is 793 g/mol. The molecule has 6 heteroatoms. The quantitative estimate of drug-likeness (QED) is 0.0344. The molecule has 0 aliphatic carbocycles. The lowest BCUT2D eigenvalue weighted by molar-refractivity contribution is -0.167. The number of rotatable bonds is 51. The van der Waals surface area contributed by atoms with Crippen molar-refractivity contribution in [3.05, 3.63) is 0 Å². The molecule has 0 heterocycles. The van der Waals surface area contributed by atoms with Crippen LogP contribution in [0.3, 0.4) is 0 Å². The predicted molar refractivity (Wildman–Crippen MR) is 275 cm³/mol. The van der Waals surface area contributed by atoms with Crippen LogP contribution >= 0.6 is 0 Å². The standard InChI is InChI=1S/C58H112O6/c1-7-54(6)46-40-34-30-31-36-42-48-57(60)63-51-55(64-58(61)49-43-37-29-25-21-17-13-12-15-19-23-27-33-39-45-53(4)5)50-62-56(59)47-41-35-28-24-20-16-11-9-8-10-14-18-22-26-32-38-44-52(2)3/h52-55H,7-51H2,1-6H3/t54?,55-/m0/s1. The van der Waals surface area contributed by atoms with Crippen molar-refractivity contribution in [3.63, 3.8) is 0 Å². The maximum atomic E-state index is 12.8. The zero-order chi connectivity index (χ0) is 47.0. The Morgan fingerprint density at radius 1 is 0.312 bits per heavy atom. The van der Waals surface area contributed by atoms with Crippen molar-refractivity contribution < 1.29 is 28.6 Å². The second-order valence-corrected chi connectivity index (χ2v) is 21.1. The predicted octanol–water partition coefficient (Wildman–Crippen LogP) is 18.7. The van der Waals surface area contributed by atoms with Gasteiger partial charge >= 0.3 is 17.9 Å². The molecule has 0 saturated heterocycles. The maximum Gasteiger partial charge on any atom is 0.306 e. The molecule has 0 spiro atoms. The van der Waals surface area contributed by atoms with E-state index in [-0.39, 0.29) is 31.1 Å². The van der Waals surface area contributed by atoms with Gasteiger partial charge < -0.3 is 14.2 Å². The van der Waals surface area contributed by atoms with E-state index in [1.165, 1.54) is 199 Å². The molecule has 0 rings (SSSR count). The van der Waals surface area contributed by atoms with Gasteiger partial charge in [0.25, 0.3) is 0 Å². The van der Waals surface area contributed by atoms with Gasteiger partial charge in [-0.2, -0.15) is 0 Å². The van der Waals surface area contributed by atoms with Crippen LogP contribution in [0, 0.1) is 17.8 Å². The van der Waals surface area contributed by atoms with E-state index in [4.69, 9.17) is 14.2 Å². The first-order chi connectivity index (χ1) is 31.1. The Labute approximate surface area is 399 Å². The zero-order valence-electron chi connectivity index (χ0n) is 44.1. The van der Waals surface area contributed by atoms with Crippen molar-refractivity contribution in [1.29, 1.82) is 0 Å². The summed E-state index contributed by atoms with van der Waals surface area (Å²) in [6.45, 7) is 13.7. The van der Waals surface area contributed by atoms with Crippen LogP contribution in [0.4, 0.5) is 0 Å². The van der Waals surface area contributed by atoms with E-state index in [9.17, 15) is 14.4 Å². The third kappa shape index (κ3) is 49.8. The number of esters is 3. The van der Waals surface area contributed by atoms with Gasteiger partial charge in [-0.25, -0.2) is 0 Å². The summed E-state index contributed by atoms with van der Waals surface area (Å²) < 4.78 is 16.9. The molecule has 6 nitrogen and oxygen atoms in total. The van der Waals surface area contributed by atoms with Crippen molar-refractivity contribution >= 4 is 17.9 Å². The van der Waals surface area contributed by atoms with Crippen LogP contribution in [0.2, 0.25) is 0 Å². The van der Waals surface area contributed by atoms with Crippen molar-refractivity contribution in [1.82, 2.24) is 0 Å². The molecule has 0 radical (unpaired) electrons. The molecule has 0 aromatic heterocycles. The molecule has 0 aliphatic rings. The maximum absolute atomic E-state index is 12.8. The average Bonchev–Trinajstić information content (AvgIpc) is 3.27. The molecule has 2 atom stereocenters. The van der Waals surface area contributed by atoms with Gasteiger partial charge in [-0.15, -0.1) is 0 Å². The van der Waals surface area contributed by atoms with Gasteiger partial charge in [-0.05, 0) is 37.0 Å². The third-order valence-corrected chi connectivity index (χ3v) is 13.5. The van der Waals surface area contributed by atoms with Gasteiger partial charge in [0.05, 0.1) is 0 Å². The van der Waals surface area contributed by atoms with Crippen LogP contribution in [0.25, 0.3) is 0 Å². The van der Waals surface area contributed by atoms with Crippen LogP contribution < -0.4 is 0 Å². The van der Waals surface area contributed by atoms with Gasteiger partial charge in [-0.3, -0.25) is 14.4 Å². The molecule has 0 N–H and O–H groups in total. The summed E-state index contributed by atoms with van der Waals surface area (Å²) >= 11 is 0. The van der Waals surface area contributed by atoms with Crippen molar-refractivity contribution in [2.75, 3.05) is 13.2 Å². The molecule has 64 heavy (non-hydrogen) atoms. The van der Waals surface area contributed by atoms with Gasteiger partial charge in [0.2, 0.25) is 0 Å². The lowest BCUT2D eigenvalue weighted by atomic mass is 10.00. The van der Waals surface area contributed by atoms with E-state index in [1.807, 2.05) is 0 Å². The molecule has 0 aromatic rings. The SMILES string of the molecule is CCC(C)CCCCCCCCC(=O)OC[C@H](COC(=O)CCCCCCCCCCCCCCCCCCC(C)C)OC(=O)CCCCCCCCCCCCCCCCC(C)C. The fourth-order valence-electron chi connectivity index (χ4n) is 8.79. The Kier molecular flexibility index (Phi) is 48.1. The Morgan fingerprint density at radius 3 is 0.812 bits per heavy atom. The zero-order valence-corrected chi connectivity index (χ0v) is 44.1. The highest BCUT2D eigenvalue weighted by molar-refractivity contribution is 5.71. The van der Waals surface area contributed by atoms with Crippen molar-refractivity contribution in [2.24, 2.45) is 17.8 Å². The summed E-state index contributed by atoms with van der Waals surface area (Å²) in [5.74, 6) is 1.66. The first-order valence-corrected chi connectivity index (χ1v) is 28.6. The average molecular weight is 906 g/mol. The minimum absolute atomic E-state index is 0.0642. The molecule has 0 fully saturated rings. The summed E-state index contributed by atoms with van der Waals surface area (Å²) in [6.07, 6.45) is 51.0. The monoisotopic (exact) mass is 905 g/mol. The third-order valence-electron chi connectivity index (χ3n) is 13.5. The second kappa shape index (κ2) is 49.3. The van der Waals surface area contributed by atoms with Gasteiger partial charge in [0.1, 0.15) is 13.2 Å². The fourth-order valence-corrected chi connectivity index (χ4v) is 8.79. The van der Waals surface area contributed by atoms with Crippen LogP contribution in [-0.2, 0) is 28.6 Å². The molecule has 0 saturated carbocycles. The second-order valence-electron chi connectivity index (χ2n) is 21.1. The van der Waals surface area contributed by atoms with Gasteiger partial charge in [0, 0.05) is 19.3 Å². The summed E-state index contributed by atoms with van der Waals surface area (Å²) in [7, 11) is 0. The topological polar surface area (TPSA) is 78.9 Å². The van der Waals surface area contributed by atoms with Crippen LogP contribution in [0.5, 0.6) is 0 Å². The number of hydrogen-bond donors (Lipinski definition) is 0. The van der Waals surface area contributed by atoms with E-state index in [1.54, 1.807) is 0 Å². The lowest BCUT2D eigenvalue weighted by Crippen LogP contribution is -2.30. The van der Waals surface area contributed by atoms with E-state index < -0.39 is 6.10 Å².